The highest BCUT2D eigenvalue weighted by molar-refractivity contribution is 5.85. The van der Waals surface area contributed by atoms with Crippen molar-refractivity contribution in [1.29, 1.82) is 0 Å². The first-order valence-electron chi connectivity index (χ1n) is 23.2. The Labute approximate surface area is 342 Å². The highest BCUT2D eigenvalue weighted by atomic mass is 16.5. The zero-order chi connectivity index (χ0) is 40.1. The lowest BCUT2D eigenvalue weighted by Crippen LogP contribution is -2.83. The van der Waals surface area contributed by atoms with Crippen molar-refractivity contribution in [2.24, 2.45) is 45.3 Å². The van der Waals surface area contributed by atoms with Crippen LogP contribution in [0.3, 0.4) is 0 Å². The molecule has 5 fully saturated rings. The Bertz CT molecular complexity index is 1670. The predicted molar refractivity (Wildman–Crippen MR) is 222 cm³/mol. The van der Waals surface area contributed by atoms with Crippen LogP contribution in [0.2, 0.25) is 0 Å². The van der Waals surface area contributed by atoms with E-state index in [0.717, 1.165) is 82.6 Å². The molecule has 0 unspecified atom stereocenters. The monoisotopic (exact) mass is 785 g/mol. The van der Waals surface area contributed by atoms with Gasteiger partial charge in [0, 0.05) is 17.4 Å². The fourth-order valence-electron chi connectivity index (χ4n) is 14.7. The minimum absolute atomic E-state index is 0.130. The number of ether oxygens (including phenoxy) is 2. The fourth-order valence-corrected chi connectivity index (χ4v) is 14.7. The highest BCUT2D eigenvalue weighted by Gasteiger charge is 2.82. The summed E-state index contributed by atoms with van der Waals surface area (Å²) in [5, 5.41) is 40.9. The molecule has 0 saturated heterocycles. The van der Waals surface area contributed by atoms with Gasteiger partial charge in [0.2, 0.25) is 0 Å². The number of esters is 2. The summed E-state index contributed by atoms with van der Waals surface area (Å²) in [5.74, 6) is -0.419. The average Bonchev–Trinajstić information content (AvgIpc) is 3.97. The zero-order valence-corrected chi connectivity index (χ0v) is 35.3. The van der Waals surface area contributed by atoms with E-state index in [1.54, 1.807) is 6.08 Å². The number of cyclic esters (lactones) is 1. The maximum absolute atomic E-state index is 14.4. The topological polar surface area (TPSA) is 113 Å². The molecule has 1 heterocycles. The molecule has 1 aromatic rings. The van der Waals surface area contributed by atoms with Crippen LogP contribution in [0.5, 0.6) is 0 Å². The van der Waals surface area contributed by atoms with Crippen molar-refractivity contribution in [2.75, 3.05) is 6.61 Å². The number of aliphatic hydroxyl groups is 3. The Kier molecular flexibility index (Phi) is 11.5. The second kappa shape index (κ2) is 15.8. The van der Waals surface area contributed by atoms with E-state index < -0.39 is 40.2 Å². The van der Waals surface area contributed by atoms with Crippen molar-refractivity contribution in [3.8, 4) is 0 Å². The molecule has 7 heteroatoms. The van der Waals surface area contributed by atoms with Crippen molar-refractivity contribution in [2.45, 2.75) is 185 Å². The molecule has 57 heavy (non-hydrogen) atoms. The van der Waals surface area contributed by atoms with E-state index in [9.17, 15) is 24.9 Å². The van der Waals surface area contributed by atoms with Gasteiger partial charge < -0.3 is 24.8 Å². The lowest BCUT2D eigenvalue weighted by molar-refractivity contribution is -0.362. The normalized spacial score (nSPS) is 40.5. The van der Waals surface area contributed by atoms with Crippen LogP contribution < -0.4 is 0 Å². The summed E-state index contributed by atoms with van der Waals surface area (Å²) in [6.07, 6.45) is 24.0. The van der Waals surface area contributed by atoms with Crippen molar-refractivity contribution < 1.29 is 34.4 Å². The molecular weight excluding hydrogens is 713 g/mol. The molecule has 314 valence electrons. The van der Waals surface area contributed by atoms with Gasteiger partial charge in [-0.2, -0.15) is 0 Å². The molecule has 0 amide bonds. The standard InChI is InChI=1S/C50H72O7/c1-35(13-12-16-36-14-6-4-7-15-36)19-27-48(54)30-29-45(2)33-40(57-44(53)38-17-8-5-9-18-38)43-46(3,39-21-26-47(32-39)23-10-11-24-47)25-22-41(51)50(43,48)49(45,55)28-20-37-31-42(52)56-34-37/h4,6-7,14-15,29-31,35,38-41,43,51,54-55H,5,8-13,16-28,32-34H2,1-3H3/t35-,39-,40-,41-,43+,45+,46+,48+,49-,50+/m1/s1. The summed E-state index contributed by atoms with van der Waals surface area (Å²) in [6.45, 7) is 6.94. The second-order valence-corrected chi connectivity index (χ2v) is 21.0. The van der Waals surface area contributed by atoms with Crippen LogP contribution in [-0.4, -0.2) is 57.3 Å². The second-order valence-electron chi connectivity index (χ2n) is 21.0. The minimum atomic E-state index is -1.56. The lowest BCUT2D eigenvalue weighted by Gasteiger charge is -2.76. The van der Waals surface area contributed by atoms with Gasteiger partial charge in [-0.1, -0.05) is 102 Å². The average molecular weight is 785 g/mol. The number of hydrogen-bond donors (Lipinski definition) is 3. The summed E-state index contributed by atoms with van der Waals surface area (Å²) >= 11 is 0. The lowest BCUT2D eigenvalue weighted by atomic mass is 9.31. The summed E-state index contributed by atoms with van der Waals surface area (Å²) in [5.41, 5.74) is -3.30. The van der Waals surface area contributed by atoms with Crippen LogP contribution in [-0.2, 0) is 25.5 Å². The van der Waals surface area contributed by atoms with E-state index in [4.69, 9.17) is 9.47 Å². The molecule has 6 aliphatic carbocycles. The smallest absolute Gasteiger partial charge is 0.331 e. The van der Waals surface area contributed by atoms with Gasteiger partial charge in [-0.15, -0.1) is 0 Å². The van der Waals surface area contributed by atoms with Gasteiger partial charge in [0.25, 0.3) is 0 Å². The minimum Gasteiger partial charge on any atom is -0.462 e. The van der Waals surface area contributed by atoms with Crippen LogP contribution in [0, 0.1) is 45.3 Å². The summed E-state index contributed by atoms with van der Waals surface area (Å²) < 4.78 is 12.3. The van der Waals surface area contributed by atoms with E-state index in [1.165, 1.54) is 37.7 Å². The van der Waals surface area contributed by atoms with Gasteiger partial charge in [0.05, 0.1) is 28.6 Å². The van der Waals surface area contributed by atoms with Crippen molar-refractivity contribution in [3.63, 3.8) is 0 Å². The van der Waals surface area contributed by atoms with E-state index in [1.807, 2.05) is 12.2 Å². The maximum Gasteiger partial charge on any atom is 0.331 e. The molecule has 7 aliphatic rings. The third-order valence-electron chi connectivity index (χ3n) is 17.8. The summed E-state index contributed by atoms with van der Waals surface area (Å²) in [7, 11) is 0. The molecule has 3 N–H and O–H groups in total. The number of hydrogen-bond acceptors (Lipinski definition) is 7. The van der Waals surface area contributed by atoms with Crippen LogP contribution in [0.4, 0.5) is 0 Å². The quantitative estimate of drug-likeness (QED) is 0.135. The predicted octanol–water partition coefficient (Wildman–Crippen LogP) is 9.75. The number of aliphatic hydroxyl groups excluding tert-OH is 1. The Morgan fingerprint density at radius 3 is 2.35 bits per heavy atom. The van der Waals surface area contributed by atoms with Gasteiger partial charge in [-0.3, -0.25) is 4.79 Å². The first-order valence-corrected chi connectivity index (χ1v) is 23.2. The number of fused-ring (bicyclic) bond motifs is 1. The maximum atomic E-state index is 14.4. The van der Waals surface area contributed by atoms with Crippen LogP contribution in [0.25, 0.3) is 0 Å². The third-order valence-corrected chi connectivity index (χ3v) is 17.8. The highest BCUT2D eigenvalue weighted by Crippen LogP contribution is 2.76. The van der Waals surface area contributed by atoms with Gasteiger partial charge in [0.1, 0.15) is 12.7 Å². The van der Waals surface area contributed by atoms with Crippen LogP contribution >= 0.6 is 0 Å². The molecule has 1 aliphatic heterocycles. The Morgan fingerprint density at radius 1 is 0.877 bits per heavy atom. The fraction of sp³-hybridized carbons (Fsp3) is 0.760. The molecule has 0 radical (unpaired) electrons. The largest absolute Gasteiger partial charge is 0.462 e. The van der Waals surface area contributed by atoms with Gasteiger partial charge in [-0.05, 0) is 137 Å². The van der Waals surface area contributed by atoms with E-state index in [2.05, 4.69) is 51.1 Å². The van der Waals surface area contributed by atoms with Crippen molar-refractivity contribution in [3.05, 3.63) is 59.7 Å². The Hall–Kier alpha value is -2.48. The number of carbonyl (C=O) groups excluding carboxylic acids is 2. The van der Waals surface area contributed by atoms with Gasteiger partial charge in [0.15, 0.2) is 0 Å². The van der Waals surface area contributed by atoms with Crippen LogP contribution in [0.15, 0.2) is 54.1 Å². The summed E-state index contributed by atoms with van der Waals surface area (Å²) in [6, 6.07) is 10.6. The molecular formula is C50H72O7. The number of rotatable bonds is 13. The van der Waals surface area contributed by atoms with E-state index in [0.29, 0.717) is 42.9 Å². The van der Waals surface area contributed by atoms with Crippen molar-refractivity contribution >= 4 is 11.9 Å². The molecule has 7 nitrogen and oxygen atoms in total. The SMILES string of the molecule is C[C@H](CCCc1ccccc1)CC[C@]1(O)C=C[C@@]2(C)C[C@@H](OC(=O)C3CCCCC3)[C@H]3[C@](C)([C@@H]4CCC5(CCCC5)C4)CC[C@@H](O)[C@]31[C@@]2(O)CCC1=CC(=O)OC1. The van der Waals surface area contributed by atoms with Gasteiger partial charge >= 0.3 is 11.9 Å². The third kappa shape index (κ3) is 7.09. The summed E-state index contributed by atoms with van der Waals surface area (Å²) in [4.78, 5) is 26.6. The van der Waals surface area contributed by atoms with E-state index in [-0.39, 0.29) is 36.3 Å². The molecule has 2 bridgehead atoms. The number of carbonyl (C=O) groups is 2. The van der Waals surface area contributed by atoms with Crippen LogP contribution in [0.1, 0.15) is 161 Å². The van der Waals surface area contributed by atoms with E-state index >= 15 is 0 Å². The molecule has 5 saturated carbocycles. The first kappa shape index (κ1) is 41.3. The van der Waals surface area contributed by atoms with Crippen molar-refractivity contribution in [1.82, 2.24) is 0 Å². The Morgan fingerprint density at radius 2 is 1.63 bits per heavy atom. The molecule has 2 spiro atoms. The Balaban J connectivity index is 1.21. The number of aryl methyl sites for hydroxylation is 1. The number of benzene rings is 1. The first-order chi connectivity index (χ1) is 27.3. The molecule has 0 aromatic heterocycles. The van der Waals surface area contributed by atoms with Gasteiger partial charge in [-0.25, -0.2) is 4.79 Å². The molecule has 1 aromatic carbocycles. The molecule has 8 rings (SSSR count). The zero-order valence-electron chi connectivity index (χ0n) is 35.3. The molecule has 10 atom stereocenters.